The Balaban J connectivity index is 0.00000208. The van der Waals surface area contributed by atoms with Crippen molar-refractivity contribution in [1.29, 1.82) is 0 Å². The fourth-order valence-electron chi connectivity index (χ4n) is 3.11. The minimum atomic E-state index is 0. The van der Waals surface area contributed by atoms with Gasteiger partial charge in [0.15, 0.2) is 5.96 Å². The predicted octanol–water partition coefficient (Wildman–Crippen LogP) is 2.63. The number of nitrogens with two attached hydrogens (primary N) is 1. The van der Waals surface area contributed by atoms with Crippen LogP contribution in [-0.2, 0) is 17.9 Å². The fraction of sp³-hybridized carbons (Fsp3) is 0.556. The second kappa shape index (κ2) is 9.25. The zero-order valence-corrected chi connectivity index (χ0v) is 16.4. The van der Waals surface area contributed by atoms with Gasteiger partial charge in [-0.15, -0.1) is 24.0 Å². The Morgan fingerprint density at radius 2 is 2.00 bits per heavy atom. The number of nitrogens with one attached hydrogen (secondary N) is 1. The molecule has 1 amide bonds. The summed E-state index contributed by atoms with van der Waals surface area (Å²) in [6.45, 7) is 3.03. The number of hydrogen-bond donors (Lipinski definition) is 2. The zero-order valence-electron chi connectivity index (χ0n) is 14.0. The molecule has 5 nitrogen and oxygen atoms in total. The summed E-state index contributed by atoms with van der Waals surface area (Å²) in [4.78, 5) is 18.2. The molecule has 0 aromatic heterocycles. The van der Waals surface area contributed by atoms with Crippen LogP contribution < -0.4 is 11.1 Å². The molecule has 1 saturated carbocycles. The number of likely N-dealkylation sites (tertiary alicyclic amines) is 1. The molecule has 3 rings (SSSR count). The molecule has 1 aliphatic heterocycles. The van der Waals surface area contributed by atoms with Crippen molar-refractivity contribution in [2.24, 2.45) is 16.6 Å². The van der Waals surface area contributed by atoms with Crippen LogP contribution in [0.25, 0.3) is 0 Å². The van der Waals surface area contributed by atoms with E-state index in [9.17, 15) is 4.79 Å². The smallest absolute Gasteiger partial charge is 0.222 e. The van der Waals surface area contributed by atoms with E-state index in [1.165, 1.54) is 24.8 Å². The van der Waals surface area contributed by atoms with Gasteiger partial charge < -0.3 is 16.0 Å². The van der Waals surface area contributed by atoms with Gasteiger partial charge in [0.1, 0.15) is 0 Å². The SMILES string of the molecule is I.NC(=NCc1ccccc1CN1CCCC1=O)NCC1CCC1. The largest absolute Gasteiger partial charge is 0.370 e. The van der Waals surface area contributed by atoms with Crippen molar-refractivity contribution in [3.05, 3.63) is 35.4 Å². The molecule has 0 radical (unpaired) electrons. The lowest BCUT2D eigenvalue weighted by molar-refractivity contribution is -0.128. The van der Waals surface area contributed by atoms with E-state index in [2.05, 4.69) is 22.4 Å². The van der Waals surface area contributed by atoms with Crippen molar-refractivity contribution in [1.82, 2.24) is 10.2 Å². The minimum Gasteiger partial charge on any atom is -0.370 e. The summed E-state index contributed by atoms with van der Waals surface area (Å²) < 4.78 is 0. The molecular formula is C18H27IN4O. The minimum absolute atomic E-state index is 0. The number of hydrogen-bond acceptors (Lipinski definition) is 2. The Hall–Kier alpha value is -1.31. The molecule has 1 aliphatic carbocycles. The number of amides is 1. The third-order valence-corrected chi connectivity index (χ3v) is 4.87. The molecule has 132 valence electrons. The van der Waals surface area contributed by atoms with E-state index in [1.807, 2.05) is 17.0 Å². The van der Waals surface area contributed by atoms with Gasteiger partial charge in [0.25, 0.3) is 0 Å². The van der Waals surface area contributed by atoms with Crippen LogP contribution in [0.1, 0.15) is 43.2 Å². The molecule has 24 heavy (non-hydrogen) atoms. The number of halogens is 1. The zero-order chi connectivity index (χ0) is 16.1. The van der Waals surface area contributed by atoms with E-state index in [1.54, 1.807) is 0 Å². The van der Waals surface area contributed by atoms with Gasteiger partial charge in [0.2, 0.25) is 5.91 Å². The second-order valence-corrected chi connectivity index (χ2v) is 6.57. The highest BCUT2D eigenvalue weighted by Crippen LogP contribution is 2.25. The molecule has 1 aromatic rings. The Bertz CT molecular complexity index is 586. The summed E-state index contributed by atoms with van der Waals surface area (Å²) >= 11 is 0. The van der Waals surface area contributed by atoms with E-state index in [4.69, 9.17) is 5.73 Å². The summed E-state index contributed by atoms with van der Waals surface area (Å²) in [7, 11) is 0. The number of rotatable bonds is 6. The third-order valence-electron chi connectivity index (χ3n) is 4.87. The molecule has 6 heteroatoms. The van der Waals surface area contributed by atoms with Crippen molar-refractivity contribution < 1.29 is 4.79 Å². The summed E-state index contributed by atoms with van der Waals surface area (Å²) in [6, 6.07) is 8.17. The van der Waals surface area contributed by atoms with Gasteiger partial charge in [-0.3, -0.25) is 4.79 Å². The van der Waals surface area contributed by atoms with Crippen LogP contribution in [0, 0.1) is 5.92 Å². The molecule has 2 aliphatic rings. The van der Waals surface area contributed by atoms with Crippen molar-refractivity contribution >= 4 is 35.8 Å². The van der Waals surface area contributed by atoms with Crippen LogP contribution in [0.5, 0.6) is 0 Å². The fourth-order valence-corrected chi connectivity index (χ4v) is 3.11. The van der Waals surface area contributed by atoms with Crippen LogP contribution in [0.15, 0.2) is 29.3 Å². The summed E-state index contributed by atoms with van der Waals surface area (Å²) in [5.74, 6) is 1.53. The van der Waals surface area contributed by atoms with Crippen molar-refractivity contribution in [3.63, 3.8) is 0 Å². The first kappa shape index (κ1) is 19.0. The topological polar surface area (TPSA) is 70.7 Å². The van der Waals surface area contributed by atoms with Crippen molar-refractivity contribution in [2.45, 2.75) is 45.2 Å². The molecule has 0 spiro atoms. The average Bonchev–Trinajstić information content (AvgIpc) is 2.90. The molecule has 3 N–H and O–H groups in total. The lowest BCUT2D eigenvalue weighted by Gasteiger charge is -2.25. The number of guanidine groups is 1. The lowest BCUT2D eigenvalue weighted by Crippen LogP contribution is -2.37. The molecule has 0 bridgehead atoms. The Morgan fingerprint density at radius 3 is 2.62 bits per heavy atom. The monoisotopic (exact) mass is 442 g/mol. The summed E-state index contributed by atoms with van der Waals surface area (Å²) in [5, 5.41) is 3.22. The van der Waals surface area contributed by atoms with Gasteiger partial charge in [-0.1, -0.05) is 30.7 Å². The Kier molecular flexibility index (Phi) is 7.33. The normalized spacial score (nSPS) is 18.2. The van der Waals surface area contributed by atoms with Gasteiger partial charge in [-0.25, -0.2) is 4.99 Å². The van der Waals surface area contributed by atoms with Crippen LogP contribution in [0.3, 0.4) is 0 Å². The molecule has 0 unspecified atom stereocenters. The summed E-state index contributed by atoms with van der Waals surface area (Å²) in [5.41, 5.74) is 8.26. The Morgan fingerprint density at radius 1 is 1.25 bits per heavy atom. The second-order valence-electron chi connectivity index (χ2n) is 6.57. The van der Waals surface area contributed by atoms with Gasteiger partial charge >= 0.3 is 0 Å². The molecule has 0 atom stereocenters. The van der Waals surface area contributed by atoms with E-state index < -0.39 is 0 Å². The molecule has 2 fully saturated rings. The number of carbonyl (C=O) groups is 1. The van der Waals surface area contributed by atoms with Gasteiger partial charge in [0.05, 0.1) is 6.54 Å². The van der Waals surface area contributed by atoms with Crippen molar-refractivity contribution in [2.75, 3.05) is 13.1 Å². The van der Waals surface area contributed by atoms with Gasteiger partial charge in [-0.05, 0) is 36.3 Å². The third kappa shape index (κ3) is 5.09. The summed E-state index contributed by atoms with van der Waals surface area (Å²) in [6.07, 6.45) is 5.58. The first-order valence-electron chi connectivity index (χ1n) is 8.61. The first-order valence-corrected chi connectivity index (χ1v) is 8.61. The van der Waals surface area contributed by atoms with Gasteiger partial charge in [0, 0.05) is 26.1 Å². The first-order chi connectivity index (χ1) is 11.2. The highest BCUT2D eigenvalue weighted by Gasteiger charge is 2.21. The van der Waals surface area contributed by atoms with Crippen LogP contribution in [0.4, 0.5) is 0 Å². The molecular weight excluding hydrogens is 415 g/mol. The van der Waals surface area contributed by atoms with E-state index in [0.717, 1.165) is 31.0 Å². The molecule has 1 heterocycles. The van der Waals surface area contributed by atoms with Crippen LogP contribution in [-0.4, -0.2) is 29.9 Å². The van der Waals surface area contributed by atoms with Gasteiger partial charge in [-0.2, -0.15) is 0 Å². The van der Waals surface area contributed by atoms with E-state index in [-0.39, 0.29) is 29.9 Å². The quantitative estimate of drug-likeness (QED) is 0.404. The standard InChI is InChI=1S/C18H26N4O.HI/c19-18(20-11-14-5-3-6-14)21-12-15-7-1-2-8-16(15)13-22-10-4-9-17(22)23;/h1-2,7-8,14H,3-6,9-13H2,(H3,19,20,21);1H. The highest BCUT2D eigenvalue weighted by molar-refractivity contribution is 14.0. The average molecular weight is 442 g/mol. The lowest BCUT2D eigenvalue weighted by atomic mass is 9.85. The number of carbonyl (C=O) groups excluding carboxylic acids is 1. The maximum absolute atomic E-state index is 11.8. The number of aliphatic imine (C=N–C) groups is 1. The maximum atomic E-state index is 11.8. The molecule has 1 aromatic carbocycles. The number of benzene rings is 1. The van der Waals surface area contributed by atoms with E-state index >= 15 is 0 Å². The Labute approximate surface area is 161 Å². The highest BCUT2D eigenvalue weighted by atomic mass is 127. The predicted molar refractivity (Wildman–Crippen MR) is 107 cm³/mol. The van der Waals surface area contributed by atoms with Crippen LogP contribution >= 0.6 is 24.0 Å². The molecule has 1 saturated heterocycles. The van der Waals surface area contributed by atoms with Crippen molar-refractivity contribution in [3.8, 4) is 0 Å². The van der Waals surface area contributed by atoms with Crippen LogP contribution in [0.2, 0.25) is 0 Å². The number of nitrogens with zero attached hydrogens (tertiary/aromatic N) is 2. The maximum Gasteiger partial charge on any atom is 0.222 e. The van der Waals surface area contributed by atoms with E-state index in [0.29, 0.717) is 25.5 Å².